The number of para-hydroxylation sites is 1. The second kappa shape index (κ2) is 14.0. The minimum Gasteiger partial charge on any atom is -0.497 e. The molecule has 0 unspecified atom stereocenters. The summed E-state index contributed by atoms with van der Waals surface area (Å²) in [5, 5.41) is 2.94. The summed E-state index contributed by atoms with van der Waals surface area (Å²) in [6.07, 6.45) is 1.31. The molecular weight excluding hydrogens is 526 g/mol. The maximum Gasteiger partial charge on any atom is 0.264 e. The Morgan fingerprint density at radius 2 is 1.60 bits per heavy atom. The van der Waals surface area contributed by atoms with Gasteiger partial charge in [0.1, 0.15) is 18.3 Å². The van der Waals surface area contributed by atoms with Gasteiger partial charge < -0.3 is 15.0 Å². The van der Waals surface area contributed by atoms with Crippen molar-refractivity contribution in [3.05, 3.63) is 90.0 Å². The van der Waals surface area contributed by atoms with Crippen LogP contribution in [0.3, 0.4) is 0 Å². The molecular formula is C31H39N3O5S. The Hall–Kier alpha value is -3.85. The van der Waals surface area contributed by atoms with Crippen LogP contribution in [0.25, 0.3) is 0 Å². The Kier molecular flexibility index (Phi) is 10.7. The molecule has 0 fully saturated rings. The number of ether oxygens (including phenoxy) is 1. The fraction of sp³-hybridized carbons (Fsp3) is 0.355. The summed E-state index contributed by atoms with van der Waals surface area (Å²) in [6.45, 7) is 7.08. The first-order valence-corrected chi connectivity index (χ1v) is 14.9. The molecule has 3 aromatic carbocycles. The normalized spacial score (nSPS) is 12.7. The third kappa shape index (κ3) is 7.41. The van der Waals surface area contributed by atoms with Crippen molar-refractivity contribution in [3.63, 3.8) is 0 Å². The SMILES string of the molecule is CCc1ccccc1N(CC(=O)N(Cc1cccc(OC)c1)[C@@H](C)C(=O)N[C@@H](C)CC)S(=O)(=O)c1ccccc1. The van der Waals surface area contributed by atoms with E-state index < -0.39 is 28.5 Å². The molecule has 2 amide bonds. The van der Waals surface area contributed by atoms with Gasteiger partial charge >= 0.3 is 0 Å². The molecule has 40 heavy (non-hydrogen) atoms. The number of nitrogens with one attached hydrogen (secondary N) is 1. The van der Waals surface area contributed by atoms with Gasteiger partial charge in [-0.15, -0.1) is 0 Å². The zero-order chi connectivity index (χ0) is 29.3. The van der Waals surface area contributed by atoms with Crippen LogP contribution in [0.2, 0.25) is 0 Å². The van der Waals surface area contributed by atoms with E-state index in [4.69, 9.17) is 4.74 Å². The number of nitrogens with zero attached hydrogens (tertiary/aromatic N) is 2. The van der Waals surface area contributed by atoms with Gasteiger partial charge in [-0.2, -0.15) is 0 Å². The standard InChI is InChI=1S/C31H39N3O5S/c1-6-23(3)32-31(36)24(4)33(21-25-14-13-16-27(20-25)39-5)30(35)22-34(29-19-12-11-15-26(29)7-2)40(37,38)28-17-9-8-10-18-28/h8-20,23-24H,6-7,21-22H2,1-5H3,(H,32,36)/t23-,24-/m0/s1. The fourth-order valence-electron chi connectivity index (χ4n) is 4.30. The molecule has 0 radical (unpaired) electrons. The Balaban J connectivity index is 2.06. The summed E-state index contributed by atoms with van der Waals surface area (Å²) >= 11 is 0. The molecule has 0 aliphatic rings. The zero-order valence-electron chi connectivity index (χ0n) is 23.8. The van der Waals surface area contributed by atoms with Gasteiger partial charge in [-0.3, -0.25) is 13.9 Å². The minimum atomic E-state index is -4.10. The number of benzene rings is 3. The lowest BCUT2D eigenvalue weighted by Gasteiger charge is -2.33. The van der Waals surface area contributed by atoms with Gasteiger partial charge in [-0.05, 0) is 68.1 Å². The molecule has 8 nitrogen and oxygen atoms in total. The second-order valence-corrected chi connectivity index (χ2v) is 11.5. The van der Waals surface area contributed by atoms with Crippen LogP contribution in [0.5, 0.6) is 5.75 Å². The van der Waals surface area contributed by atoms with Gasteiger partial charge in [-0.25, -0.2) is 8.42 Å². The average molecular weight is 566 g/mol. The van der Waals surface area contributed by atoms with E-state index in [0.29, 0.717) is 17.9 Å². The lowest BCUT2D eigenvalue weighted by molar-refractivity contribution is -0.139. The van der Waals surface area contributed by atoms with E-state index in [2.05, 4.69) is 5.32 Å². The predicted molar refractivity (Wildman–Crippen MR) is 158 cm³/mol. The van der Waals surface area contributed by atoms with Gasteiger partial charge in [0.15, 0.2) is 0 Å². The highest BCUT2D eigenvalue weighted by Gasteiger charge is 2.33. The number of rotatable bonds is 13. The first kappa shape index (κ1) is 30.7. The Bertz CT molecular complexity index is 1390. The summed E-state index contributed by atoms with van der Waals surface area (Å²) in [5.41, 5.74) is 1.97. The molecule has 0 bridgehead atoms. The molecule has 0 aliphatic heterocycles. The van der Waals surface area contributed by atoms with Crippen LogP contribution in [-0.2, 0) is 32.6 Å². The second-order valence-electron chi connectivity index (χ2n) is 9.67. The highest BCUT2D eigenvalue weighted by atomic mass is 32.2. The summed E-state index contributed by atoms with van der Waals surface area (Å²) in [7, 11) is -2.55. The van der Waals surface area contributed by atoms with Gasteiger partial charge in [0, 0.05) is 12.6 Å². The number of carbonyl (C=O) groups is 2. The van der Waals surface area contributed by atoms with Crippen molar-refractivity contribution in [1.82, 2.24) is 10.2 Å². The molecule has 0 spiro atoms. The van der Waals surface area contributed by atoms with Crippen LogP contribution in [0.4, 0.5) is 5.69 Å². The van der Waals surface area contributed by atoms with Crippen molar-refractivity contribution in [2.24, 2.45) is 0 Å². The van der Waals surface area contributed by atoms with Gasteiger partial charge in [-0.1, -0.05) is 62.4 Å². The lowest BCUT2D eigenvalue weighted by atomic mass is 10.1. The molecule has 9 heteroatoms. The smallest absolute Gasteiger partial charge is 0.264 e. The van der Waals surface area contributed by atoms with Crippen molar-refractivity contribution in [2.75, 3.05) is 18.0 Å². The Morgan fingerprint density at radius 1 is 0.925 bits per heavy atom. The molecule has 0 saturated heterocycles. The fourth-order valence-corrected chi connectivity index (χ4v) is 5.77. The Morgan fingerprint density at radius 3 is 2.25 bits per heavy atom. The first-order chi connectivity index (χ1) is 19.1. The number of aryl methyl sites for hydroxylation is 1. The monoisotopic (exact) mass is 565 g/mol. The van der Waals surface area contributed by atoms with Gasteiger partial charge in [0.05, 0.1) is 17.7 Å². The molecule has 214 valence electrons. The number of methoxy groups -OCH3 is 1. The minimum absolute atomic E-state index is 0.0740. The van der Waals surface area contributed by atoms with Crippen LogP contribution < -0.4 is 14.4 Å². The van der Waals surface area contributed by atoms with E-state index in [9.17, 15) is 18.0 Å². The first-order valence-electron chi connectivity index (χ1n) is 13.5. The van der Waals surface area contributed by atoms with Crippen molar-refractivity contribution in [1.29, 1.82) is 0 Å². The number of hydrogen-bond acceptors (Lipinski definition) is 5. The summed E-state index contributed by atoms with van der Waals surface area (Å²) in [4.78, 5) is 28.8. The topological polar surface area (TPSA) is 96.0 Å². The third-order valence-electron chi connectivity index (χ3n) is 6.91. The summed E-state index contributed by atoms with van der Waals surface area (Å²) in [5.74, 6) is -0.191. The number of anilines is 1. The number of carbonyl (C=O) groups excluding carboxylic acids is 2. The highest BCUT2D eigenvalue weighted by molar-refractivity contribution is 7.92. The van der Waals surface area contributed by atoms with E-state index in [1.807, 2.05) is 45.0 Å². The molecule has 3 rings (SSSR count). The van der Waals surface area contributed by atoms with E-state index in [0.717, 1.165) is 21.9 Å². The maximum atomic E-state index is 14.1. The zero-order valence-corrected chi connectivity index (χ0v) is 24.6. The number of amides is 2. The molecule has 0 aromatic heterocycles. The molecule has 2 atom stereocenters. The van der Waals surface area contributed by atoms with E-state index in [1.165, 1.54) is 17.0 Å². The number of hydrogen-bond donors (Lipinski definition) is 1. The van der Waals surface area contributed by atoms with Gasteiger partial charge in [0.2, 0.25) is 11.8 Å². The van der Waals surface area contributed by atoms with E-state index >= 15 is 0 Å². The highest BCUT2D eigenvalue weighted by Crippen LogP contribution is 2.28. The van der Waals surface area contributed by atoms with Crippen molar-refractivity contribution < 1.29 is 22.7 Å². The van der Waals surface area contributed by atoms with Crippen LogP contribution >= 0.6 is 0 Å². The summed E-state index contributed by atoms with van der Waals surface area (Å²) in [6, 6.07) is 21.5. The predicted octanol–water partition coefficient (Wildman–Crippen LogP) is 4.78. The van der Waals surface area contributed by atoms with Crippen molar-refractivity contribution >= 4 is 27.5 Å². The molecule has 0 heterocycles. The average Bonchev–Trinajstić information content (AvgIpc) is 2.98. The molecule has 0 saturated carbocycles. The van der Waals surface area contributed by atoms with E-state index in [1.54, 1.807) is 56.5 Å². The molecule has 3 aromatic rings. The molecule has 1 N–H and O–H groups in total. The Labute approximate surface area is 238 Å². The third-order valence-corrected chi connectivity index (χ3v) is 8.68. The lowest BCUT2D eigenvalue weighted by Crippen LogP contribution is -2.52. The van der Waals surface area contributed by atoms with E-state index in [-0.39, 0.29) is 23.4 Å². The summed E-state index contributed by atoms with van der Waals surface area (Å²) < 4.78 is 34.4. The van der Waals surface area contributed by atoms with Crippen LogP contribution in [0.15, 0.2) is 83.8 Å². The van der Waals surface area contributed by atoms with Crippen molar-refractivity contribution in [2.45, 2.75) is 64.1 Å². The quantitative estimate of drug-likeness (QED) is 0.322. The molecule has 0 aliphatic carbocycles. The van der Waals surface area contributed by atoms with Crippen LogP contribution in [0, 0.1) is 0 Å². The van der Waals surface area contributed by atoms with Crippen molar-refractivity contribution in [3.8, 4) is 5.75 Å². The van der Waals surface area contributed by atoms with Crippen LogP contribution in [0.1, 0.15) is 45.2 Å². The maximum absolute atomic E-state index is 14.1. The van der Waals surface area contributed by atoms with Gasteiger partial charge in [0.25, 0.3) is 10.0 Å². The van der Waals surface area contributed by atoms with Crippen LogP contribution in [-0.4, -0.2) is 50.9 Å². The largest absolute Gasteiger partial charge is 0.497 e. The number of sulfonamides is 1.